The molecular weight excluding hydrogens is 316 g/mol. The van der Waals surface area contributed by atoms with E-state index in [1.807, 2.05) is 30.3 Å². The van der Waals surface area contributed by atoms with Crippen LogP contribution in [0, 0.1) is 6.92 Å². The van der Waals surface area contributed by atoms with Gasteiger partial charge < -0.3 is 11.1 Å². The average molecular weight is 329 g/mol. The second kappa shape index (κ2) is 5.09. The van der Waals surface area contributed by atoms with Gasteiger partial charge in [-0.1, -0.05) is 15.9 Å². The number of benzene rings is 2. The molecule has 0 saturated heterocycles. The van der Waals surface area contributed by atoms with Crippen molar-refractivity contribution in [3.8, 4) is 0 Å². The van der Waals surface area contributed by atoms with Gasteiger partial charge in [-0.15, -0.1) is 0 Å². The van der Waals surface area contributed by atoms with Crippen LogP contribution < -0.4 is 11.1 Å². The lowest BCUT2D eigenvalue weighted by Crippen LogP contribution is -1.98. The first kappa shape index (κ1) is 12.9. The maximum absolute atomic E-state index is 5.78. The van der Waals surface area contributed by atoms with Crippen LogP contribution in [0.4, 0.5) is 17.2 Å². The Bertz CT molecular complexity index is 786. The molecule has 5 heteroatoms. The van der Waals surface area contributed by atoms with Crippen molar-refractivity contribution in [2.75, 3.05) is 11.1 Å². The summed E-state index contributed by atoms with van der Waals surface area (Å²) in [6.45, 7) is 2.05. The van der Waals surface area contributed by atoms with E-state index in [0.29, 0.717) is 5.69 Å². The Hall–Kier alpha value is -2.14. The number of aryl methyl sites for hydroxylation is 1. The van der Waals surface area contributed by atoms with Crippen LogP contribution in [0.15, 0.2) is 47.2 Å². The van der Waals surface area contributed by atoms with Crippen LogP contribution in [0.1, 0.15) is 5.56 Å². The summed E-state index contributed by atoms with van der Waals surface area (Å²) in [4.78, 5) is 8.56. The lowest BCUT2D eigenvalue weighted by molar-refractivity contribution is 1.21. The Morgan fingerprint density at radius 2 is 1.95 bits per heavy atom. The third kappa shape index (κ3) is 2.44. The van der Waals surface area contributed by atoms with E-state index in [1.54, 1.807) is 0 Å². The normalized spacial score (nSPS) is 10.7. The fraction of sp³-hybridized carbons (Fsp3) is 0.0667. The molecule has 0 radical (unpaired) electrons. The Morgan fingerprint density at radius 1 is 1.10 bits per heavy atom. The number of halogens is 1. The molecule has 20 heavy (non-hydrogen) atoms. The third-order valence-electron chi connectivity index (χ3n) is 3.10. The number of aromatic nitrogens is 2. The molecule has 0 aliphatic carbocycles. The van der Waals surface area contributed by atoms with E-state index in [-0.39, 0.29) is 0 Å². The summed E-state index contributed by atoms with van der Waals surface area (Å²) in [7, 11) is 0. The molecular formula is C15H13BrN4. The van der Waals surface area contributed by atoms with E-state index >= 15 is 0 Å². The van der Waals surface area contributed by atoms with Gasteiger partial charge in [-0.3, -0.25) is 0 Å². The minimum absolute atomic E-state index is 0.696. The summed E-state index contributed by atoms with van der Waals surface area (Å²) in [5.74, 6) is 0.778. The highest BCUT2D eigenvalue weighted by Gasteiger charge is 2.06. The number of nitrogen functional groups attached to an aromatic ring is 1. The number of nitrogens with one attached hydrogen (secondary N) is 1. The molecule has 2 aromatic carbocycles. The maximum Gasteiger partial charge on any atom is 0.141 e. The standard InChI is InChI=1S/C15H13BrN4/c1-9-6-10(16)2-5-13(9)20-15-12-4-3-11(17)7-14(12)18-8-19-15/h2-8H,17H2,1H3,(H,18,19,20). The summed E-state index contributed by atoms with van der Waals surface area (Å²) in [5.41, 5.74) is 9.47. The Morgan fingerprint density at radius 3 is 2.75 bits per heavy atom. The van der Waals surface area contributed by atoms with Crippen molar-refractivity contribution in [3.63, 3.8) is 0 Å². The van der Waals surface area contributed by atoms with Gasteiger partial charge in [-0.25, -0.2) is 9.97 Å². The van der Waals surface area contributed by atoms with Crippen molar-refractivity contribution in [2.24, 2.45) is 0 Å². The Kier molecular flexibility index (Phi) is 3.28. The van der Waals surface area contributed by atoms with Gasteiger partial charge in [0.25, 0.3) is 0 Å². The van der Waals surface area contributed by atoms with Gasteiger partial charge in [0.1, 0.15) is 12.1 Å². The number of hydrogen-bond acceptors (Lipinski definition) is 4. The zero-order valence-electron chi connectivity index (χ0n) is 10.9. The van der Waals surface area contributed by atoms with Gasteiger partial charge in [-0.2, -0.15) is 0 Å². The SMILES string of the molecule is Cc1cc(Br)ccc1Nc1ncnc2cc(N)ccc12. The first-order chi connectivity index (χ1) is 9.63. The fourth-order valence-electron chi connectivity index (χ4n) is 2.07. The second-order valence-electron chi connectivity index (χ2n) is 4.58. The predicted molar refractivity (Wildman–Crippen MR) is 86.1 cm³/mol. The van der Waals surface area contributed by atoms with E-state index < -0.39 is 0 Å². The van der Waals surface area contributed by atoms with E-state index in [4.69, 9.17) is 5.73 Å². The molecule has 0 aliphatic heterocycles. The monoisotopic (exact) mass is 328 g/mol. The molecule has 100 valence electrons. The molecule has 1 heterocycles. The quantitative estimate of drug-likeness (QED) is 0.697. The van der Waals surface area contributed by atoms with Crippen LogP contribution in [0.25, 0.3) is 10.9 Å². The zero-order valence-corrected chi connectivity index (χ0v) is 12.5. The van der Waals surface area contributed by atoms with E-state index in [2.05, 4.69) is 44.2 Å². The van der Waals surface area contributed by atoms with Crippen LogP contribution in [-0.2, 0) is 0 Å². The largest absolute Gasteiger partial charge is 0.399 e. The van der Waals surface area contributed by atoms with Gasteiger partial charge >= 0.3 is 0 Å². The summed E-state index contributed by atoms with van der Waals surface area (Å²) >= 11 is 3.46. The Labute approximate surface area is 125 Å². The van der Waals surface area contributed by atoms with Crippen molar-refractivity contribution in [2.45, 2.75) is 6.92 Å². The number of nitrogens with zero attached hydrogens (tertiary/aromatic N) is 2. The van der Waals surface area contributed by atoms with Crippen LogP contribution >= 0.6 is 15.9 Å². The highest BCUT2D eigenvalue weighted by molar-refractivity contribution is 9.10. The van der Waals surface area contributed by atoms with E-state index in [9.17, 15) is 0 Å². The number of anilines is 3. The molecule has 3 N–H and O–H groups in total. The van der Waals surface area contributed by atoms with Gasteiger partial charge in [0.05, 0.1) is 5.52 Å². The molecule has 0 amide bonds. The number of rotatable bonds is 2. The molecule has 0 unspecified atom stereocenters. The predicted octanol–water partition coefficient (Wildman–Crippen LogP) is 4.03. The van der Waals surface area contributed by atoms with Crippen LogP contribution in [0.3, 0.4) is 0 Å². The van der Waals surface area contributed by atoms with Gasteiger partial charge in [0.15, 0.2) is 0 Å². The van der Waals surface area contributed by atoms with Crippen LogP contribution in [0.5, 0.6) is 0 Å². The van der Waals surface area contributed by atoms with Gasteiger partial charge in [-0.05, 0) is 48.9 Å². The molecule has 0 spiro atoms. The minimum atomic E-state index is 0.696. The Balaban J connectivity index is 2.06. The summed E-state index contributed by atoms with van der Waals surface area (Å²) < 4.78 is 1.06. The molecule has 0 saturated carbocycles. The van der Waals surface area contributed by atoms with E-state index in [0.717, 1.165) is 32.4 Å². The minimum Gasteiger partial charge on any atom is -0.399 e. The molecule has 0 atom stereocenters. The first-order valence-electron chi connectivity index (χ1n) is 6.17. The fourth-order valence-corrected chi connectivity index (χ4v) is 2.54. The molecule has 4 nitrogen and oxygen atoms in total. The lowest BCUT2D eigenvalue weighted by Gasteiger charge is -2.11. The number of fused-ring (bicyclic) bond motifs is 1. The average Bonchev–Trinajstić information content (AvgIpc) is 2.41. The lowest BCUT2D eigenvalue weighted by atomic mass is 10.2. The van der Waals surface area contributed by atoms with Crippen molar-refractivity contribution < 1.29 is 0 Å². The second-order valence-corrected chi connectivity index (χ2v) is 5.50. The molecule has 0 fully saturated rings. The van der Waals surface area contributed by atoms with Gasteiger partial charge in [0, 0.05) is 21.2 Å². The summed E-state index contributed by atoms with van der Waals surface area (Å²) in [6.07, 6.45) is 1.54. The molecule has 1 aromatic heterocycles. The molecule has 0 bridgehead atoms. The number of hydrogen-bond donors (Lipinski definition) is 2. The van der Waals surface area contributed by atoms with Gasteiger partial charge in [0.2, 0.25) is 0 Å². The van der Waals surface area contributed by atoms with Crippen LogP contribution in [-0.4, -0.2) is 9.97 Å². The van der Waals surface area contributed by atoms with Crippen molar-refractivity contribution in [3.05, 3.63) is 52.8 Å². The smallest absolute Gasteiger partial charge is 0.141 e. The zero-order chi connectivity index (χ0) is 14.1. The van der Waals surface area contributed by atoms with Crippen LogP contribution in [0.2, 0.25) is 0 Å². The molecule has 3 rings (SSSR count). The van der Waals surface area contributed by atoms with Crippen molar-refractivity contribution in [1.29, 1.82) is 0 Å². The van der Waals surface area contributed by atoms with E-state index in [1.165, 1.54) is 6.33 Å². The topological polar surface area (TPSA) is 63.8 Å². The summed E-state index contributed by atoms with van der Waals surface area (Å²) in [5, 5.41) is 4.30. The third-order valence-corrected chi connectivity index (χ3v) is 3.60. The van der Waals surface area contributed by atoms with Crippen molar-refractivity contribution >= 4 is 44.0 Å². The molecule has 3 aromatic rings. The summed E-state index contributed by atoms with van der Waals surface area (Å²) in [6, 6.07) is 11.7. The highest BCUT2D eigenvalue weighted by atomic mass is 79.9. The first-order valence-corrected chi connectivity index (χ1v) is 6.96. The maximum atomic E-state index is 5.78. The van der Waals surface area contributed by atoms with Crippen molar-refractivity contribution in [1.82, 2.24) is 9.97 Å². The highest BCUT2D eigenvalue weighted by Crippen LogP contribution is 2.27. The number of nitrogens with two attached hydrogens (primary N) is 1. The molecule has 0 aliphatic rings.